The summed E-state index contributed by atoms with van der Waals surface area (Å²) in [6.07, 6.45) is -4.41. The van der Waals surface area contributed by atoms with Crippen molar-refractivity contribution < 1.29 is 17.9 Å². The Morgan fingerprint density at radius 3 is 2.35 bits per heavy atom. The summed E-state index contributed by atoms with van der Waals surface area (Å²) in [4.78, 5) is 0. The minimum atomic E-state index is -4.41. The number of nitrogens with zero attached hydrogens (tertiary/aromatic N) is 2. The number of halogens is 3. The quantitative estimate of drug-likeness (QED) is 0.693. The molecule has 0 bridgehead atoms. The summed E-state index contributed by atoms with van der Waals surface area (Å²) in [5.41, 5.74) is 1.57. The first-order valence-electron chi connectivity index (χ1n) is 7.80. The molecule has 0 aliphatic heterocycles. The molecule has 0 saturated heterocycles. The molecule has 0 unspecified atom stereocenters. The van der Waals surface area contributed by atoms with Crippen molar-refractivity contribution in [1.82, 2.24) is 10.2 Å². The second-order valence-corrected chi connectivity index (χ2v) is 5.68. The van der Waals surface area contributed by atoms with Gasteiger partial charge in [-0.15, -0.1) is 5.10 Å². The predicted octanol–water partition coefficient (Wildman–Crippen LogP) is 5.22. The van der Waals surface area contributed by atoms with Crippen LogP contribution in [0.2, 0.25) is 0 Å². The highest BCUT2D eigenvalue weighted by molar-refractivity contribution is 5.78. The van der Waals surface area contributed by atoms with E-state index in [1.165, 1.54) is 6.07 Å². The first-order chi connectivity index (χ1) is 12.4. The summed E-state index contributed by atoms with van der Waals surface area (Å²) in [6, 6.07) is 14.0. The fourth-order valence-corrected chi connectivity index (χ4v) is 2.48. The number of aryl methyl sites for hydroxylation is 1. The van der Waals surface area contributed by atoms with E-state index in [9.17, 15) is 13.2 Å². The Morgan fingerprint density at radius 2 is 1.69 bits per heavy atom. The zero-order chi connectivity index (χ0) is 18.7. The van der Waals surface area contributed by atoms with E-state index < -0.39 is 11.7 Å². The number of methoxy groups -OCH3 is 1. The summed E-state index contributed by atoms with van der Waals surface area (Å²) in [5.74, 6) is 1.07. The van der Waals surface area contributed by atoms with Gasteiger partial charge in [-0.25, -0.2) is 0 Å². The number of hydrogen-bond donors (Lipinski definition) is 1. The van der Waals surface area contributed by atoms with Crippen molar-refractivity contribution in [2.75, 3.05) is 12.4 Å². The highest BCUT2D eigenvalue weighted by atomic mass is 19.4. The predicted molar refractivity (Wildman–Crippen MR) is 93.5 cm³/mol. The first-order valence-corrected chi connectivity index (χ1v) is 7.80. The van der Waals surface area contributed by atoms with Crippen LogP contribution in [0.3, 0.4) is 0 Å². The number of hydrogen-bond acceptors (Lipinski definition) is 4. The Bertz CT molecular complexity index is 909. The van der Waals surface area contributed by atoms with E-state index >= 15 is 0 Å². The Labute approximate surface area is 148 Å². The molecule has 1 heterocycles. The van der Waals surface area contributed by atoms with Gasteiger partial charge in [-0.1, -0.05) is 12.1 Å². The topological polar surface area (TPSA) is 47.0 Å². The van der Waals surface area contributed by atoms with Gasteiger partial charge in [-0.2, -0.15) is 18.3 Å². The van der Waals surface area contributed by atoms with Crippen LogP contribution in [0.1, 0.15) is 11.3 Å². The van der Waals surface area contributed by atoms with Crippen LogP contribution in [-0.4, -0.2) is 17.3 Å². The van der Waals surface area contributed by atoms with Crippen LogP contribution in [0.15, 0.2) is 54.6 Å². The first kappa shape index (κ1) is 17.7. The van der Waals surface area contributed by atoms with Crippen molar-refractivity contribution in [1.29, 1.82) is 0 Å². The third-order valence-electron chi connectivity index (χ3n) is 3.77. The Morgan fingerprint density at radius 1 is 0.962 bits per heavy atom. The minimum absolute atomic E-state index is 0.375. The average Bonchev–Trinajstić information content (AvgIpc) is 2.63. The molecule has 0 spiro atoms. The molecule has 0 aliphatic rings. The molecule has 3 aromatic rings. The summed E-state index contributed by atoms with van der Waals surface area (Å²) in [6.45, 7) is 1.74. The lowest BCUT2D eigenvalue weighted by Gasteiger charge is -2.13. The van der Waals surface area contributed by atoms with Gasteiger partial charge in [0, 0.05) is 11.3 Å². The molecule has 0 atom stereocenters. The molecular weight excluding hydrogens is 343 g/mol. The van der Waals surface area contributed by atoms with E-state index in [2.05, 4.69) is 15.5 Å². The molecule has 1 N–H and O–H groups in total. The van der Waals surface area contributed by atoms with Crippen molar-refractivity contribution in [2.24, 2.45) is 0 Å². The SMILES string of the molecule is COc1ccc(Nc2nnc(C)cc2-c2cccc(C(F)(F)F)c2)cc1. The monoisotopic (exact) mass is 359 g/mol. The molecule has 134 valence electrons. The van der Waals surface area contributed by atoms with E-state index in [0.29, 0.717) is 28.4 Å². The maximum atomic E-state index is 13.0. The minimum Gasteiger partial charge on any atom is -0.497 e. The Hall–Kier alpha value is -3.09. The molecule has 3 rings (SSSR count). The van der Waals surface area contributed by atoms with Gasteiger partial charge in [0.15, 0.2) is 5.82 Å². The zero-order valence-electron chi connectivity index (χ0n) is 14.1. The number of benzene rings is 2. The number of nitrogens with one attached hydrogen (secondary N) is 1. The maximum absolute atomic E-state index is 13.0. The van der Waals surface area contributed by atoms with Crippen LogP contribution in [0, 0.1) is 6.92 Å². The summed E-state index contributed by atoms with van der Waals surface area (Å²) >= 11 is 0. The van der Waals surface area contributed by atoms with Gasteiger partial charge in [0.2, 0.25) is 0 Å². The van der Waals surface area contributed by atoms with Gasteiger partial charge in [-0.3, -0.25) is 0 Å². The van der Waals surface area contributed by atoms with Gasteiger partial charge in [0.25, 0.3) is 0 Å². The maximum Gasteiger partial charge on any atom is 0.416 e. The van der Waals surface area contributed by atoms with Crippen molar-refractivity contribution >= 4 is 11.5 Å². The van der Waals surface area contributed by atoms with E-state index in [0.717, 1.165) is 17.8 Å². The average molecular weight is 359 g/mol. The van der Waals surface area contributed by atoms with Gasteiger partial charge in [0.1, 0.15) is 5.75 Å². The van der Waals surface area contributed by atoms with Gasteiger partial charge in [-0.05, 0) is 55.0 Å². The van der Waals surface area contributed by atoms with Crippen LogP contribution in [0.5, 0.6) is 5.75 Å². The molecule has 4 nitrogen and oxygen atoms in total. The lowest BCUT2D eigenvalue weighted by atomic mass is 10.0. The third kappa shape index (κ3) is 3.93. The smallest absolute Gasteiger partial charge is 0.416 e. The molecule has 0 aliphatic carbocycles. The highest BCUT2D eigenvalue weighted by Crippen LogP contribution is 2.34. The van der Waals surface area contributed by atoms with E-state index in [4.69, 9.17) is 4.74 Å². The molecular formula is C19H16F3N3O. The molecule has 0 radical (unpaired) electrons. The molecule has 0 fully saturated rings. The van der Waals surface area contributed by atoms with E-state index in [1.807, 2.05) is 0 Å². The van der Waals surface area contributed by atoms with E-state index in [1.54, 1.807) is 50.4 Å². The number of alkyl halides is 3. The molecule has 2 aromatic carbocycles. The molecule has 0 amide bonds. The molecule has 0 saturated carbocycles. The number of anilines is 2. The van der Waals surface area contributed by atoms with Crippen LogP contribution >= 0.6 is 0 Å². The second-order valence-electron chi connectivity index (χ2n) is 5.68. The van der Waals surface area contributed by atoms with Gasteiger partial charge >= 0.3 is 6.18 Å². The number of aromatic nitrogens is 2. The molecule has 7 heteroatoms. The summed E-state index contributed by atoms with van der Waals surface area (Å²) in [5, 5.41) is 11.2. The highest BCUT2D eigenvalue weighted by Gasteiger charge is 2.30. The molecule has 1 aromatic heterocycles. The largest absolute Gasteiger partial charge is 0.497 e. The fourth-order valence-electron chi connectivity index (χ4n) is 2.48. The van der Waals surface area contributed by atoms with Crippen LogP contribution < -0.4 is 10.1 Å². The lowest BCUT2D eigenvalue weighted by Crippen LogP contribution is -2.05. The Kier molecular flexibility index (Phi) is 4.79. The summed E-state index contributed by atoms with van der Waals surface area (Å²) < 4.78 is 44.2. The van der Waals surface area contributed by atoms with Gasteiger partial charge < -0.3 is 10.1 Å². The van der Waals surface area contributed by atoms with Gasteiger partial charge in [0.05, 0.1) is 18.4 Å². The third-order valence-corrected chi connectivity index (χ3v) is 3.77. The van der Waals surface area contributed by atoms with Crippen molar-refractivity contribution in [3.63, 3.8) is 0 Å². The van der Waals surface area contributed by atoms with Crippen LogP contribution in [0.4, 0.5) is 24.7 Å². The lowest BCUT2D eigenvalue weighted by molar-refractivity contribution is -0.137. The van der Waals surface area contributed by atoms with Crippen LogP contribution in [-0.2, 0) is 6.18 Å². The Balaban J connectivity index is 2.01. The second kappa shape index (κ2) is 7.03. The standard InChI is InChI=1S/C19H16F3N3O/c1-12-10-17(13-4-3-5-14(11-13)19(20,21)22)18(25-24-12)23-15-6-8-16(26-2)9-7-15/h3-11H,1-2H3,(H,23,25). The van der Waals surface area contributed by atoms with Crippen molar-refractivity contribution in [3.05, 3.63) is 65.9 Å². The number of rotatable bonds is 4. The zero-order valence-corrected chi connectivity index (χ0v) is 14.1. The summed E-state index contributed by atoms with van der Waals surface area (Å²) in [7, 11) is 1.57. The van der Waals surface area contributed by atoms with Crippen LogP contribution in [0.25, 0.3) is 11.1 Å². The van der Waals surface area contributed by atoms with Crippen molar-refractivity contribution in [3.8, 4) is 16.9 Å². The van der Waals surface area contributed by atoms with Crippen molar-refractivity contribution in [2.45, 2.75) is 13.1 Å². The fraction of sp³-hybridized carbons (Fsp3) is 0.158. The van der Waals surface area contributed by atoms with E-state index in [-0.39, 0.29) is 0 Å². The number of ether oxygens (including phenoxy) is 1. The normalized spacial score (nSPS) is 11.3. The molecule has 26 heavy (non-hydrogen) atoms.